The molecule has 0 spiro atoms. The highest BCUT2D eigenvalue weighted by molar-refractivity contribution is 5.54. The van der Waals surface area contributed by atoms with E-state index in [4.69, 9.17) is 23.5 Å². The molecule has 1 aliphatic rings. The van der Waals surface area contributed by atoms with Crippen molar-refractivity contribution in [2.45, 2.75) is 12.6 Å². The van der Waals surface area contributed by atoms with Crippen LogP contribution in [0.2, 0.25) is 0 Å². The summed E-state index contributed by atoms with van der Waals surface area (Å²) in [6, 6.07) is 13.7. The minimum atomic E-state index is -0.272. The fourth-order valence-electron chi connectivity index (χ4n) is 3.55. The van der Waals surface area contributed by atoms with Crippen molar-refractivity contribution in [2.24, 2.45) is 0 Å². The van der Waals surface area contributed by atoms with Gasteiger partial charge < -0.3 is 23.5 Å². The Morgan fingerprint density at radius 2 is 1.77 bits per heavy atom. The van der Waals surface area contributed by atoms with E-state index in [1.54, 1.807) is 21.3 Å². The number of rotatable bonds is 7. The van der Waals surface area contributed by atoms with E-state index in [1.165, 1.54) is 0 Å². The predicted octanol–water partition coefficient (Wildman–Crippen LogP) is 3.34. The van der Waals surface area contributed by atoms with Gasteiger partial charge in [-0.1, -0.05) is 35.5 Å². The van der Waals surface area contributed by atoms with Crippen molar-refractivity contribution in [3.8, 4) is 28.6 Å². The lowest BCUT2D eigenvalue weighted by atomic mass is 10.1. The van der Waals surface area contributed by atoms with Crippen LogP contribution >= 0.6 is 0 Å². The van der Waals surface area contributed by atoms with Crippen molar-refractivity contribution in [3.05, 3.63) is 53.9 Å². The van der Waals surface area contributed by atoms with Crippen LogP contribution in [0.4, 0.5) is 0 Å². The van der Waals surface area contributed by atoms with E-state index >= 15 is 0 Å². The highest BCUT2D eigenvalue weighted by atomic mass is 16.5. The van der Waals surface area contributed by atoms with E-state index in [9.17, 15) is 0 Å². The summed E-state index contributed by atoms with van der Waals surface area (Å²) < 4.78 is 27.7. The number of ether oxygens (including phenoxy) is 4. The second-order valence-electron chi connectivity index (χ2n) is 6.95. The summed E-state index contributed by atoms with van der Waals surface area (Å²) in [4.78, 5) is 6.82. The fourth-order valence-corrected chi connectivity index (χ4v) is 3.55. The predicted molar refractivity (Wildman–Crippen MR) is 110 cm³/mol. The van der Waals surface area contributed by atoms with Crippen LogP contribution in [0.3, 0.4) is 0 Å². The standard InChI is InChI=1S/C22H25N3O5/c1-26-17-11-15(12-18(27-2)20(17)28-3)13-25-9-10-29-19(14-25)22-23-21(24-30-22)16-7-5-4-6-8-16/h4-8,11-12,19H,9-10,13-14H2,1-3H3/t19-/m1/s1. The largest absolute Gasteiger partial charge is 0.493 e. The minimum absolute atomic E-state index is 0.272. The van der Waals surface area contributed by atoms with Gasteiger partial charge in [0.05, 0.1) is 27.9 Å². The molecule has 0 bridgehead atoms. The number of hydrogen-bond acceptors (Lipinski definition) is 8. The van der Waals surface area contributed by atoms with Crippen molar-refractivity contribution in [2.75, 3.05) is 41.0 Å². The molecule has 8 nitrogen and oxygen atoms in total. The Morgan fingerprint density at radius 3 is 2.43 bits per heavy atom. The lowest BCUT2D eigenvalue weighted by Gasteiger charge is -2.31. The van der Waals surface area contributed by atoms with Crippen LogP contribution in [0, 0.1) is 0 Å². The monoisotopic (exact) mass is 411 g/mol. The molecule has 0 unspecified atom stereocenters. The van der Waals surface area contributed by atoms with Crippen molar-refractivity contribution >= 4 is 0 Å². The molecule has 0 N–H and O–H groups in total. The topological polar surface area (TPSA) is 79.1 Å². The quantitative estimate of drug-likeness (QED) is 0.586. The van der Waals surface area contributed by atoms with Crippen LogP contribution in [0.25, 0.3) is 11.4 Å². The first-order valence-corrected chi connectivity index (χ1v) is 9.73. The Kier molecular flexibility index (Phi) is 6.15. The van der Waals surface area contributed by atoms with Gasteiger partial charge in [0.15, 0.2) is 11.5 Å². The minimum Gasteiger partial charge on any atom is -0.493 e. The molecule has 1 atom stereocenters. The molecule has 1 saturated heterocycles. The zero-order valence-electron chi connectivity index (χ0n) is 17.3. The van der Waals surface area contributed by atoms with Crippen molar-refractivity contribution in [1.29, 1.82) is 0 Å². The van der Waals surface area contributed by atoms with E-state index in [0.717, 1.165) is 17.7 Å². The SMILES string of the molecule is COc1cc(CN2CCO[C@@H](c3nc(-c4ccccc4)no3)C2)cc(OC)c1OC. The fraction of sp³-hybridized carbons (Fsp3) is 0.364. The molecular weight excluding hydrogens is 386 g/mol. The molecule has 8 heteroatoms. The normalized spacial score (nSPS) is 17.0. The van der Waals surface area contributed by atoms with Gasteiger partial charge in [-0.15, -0.1) is 0 Å². The van der Waals surface area contributed by atoms with Crippen molar-refractivity contribution < 1.29 is 23.5 Å². The first-order chi connectivity index (χ1) is 14.7. The highest BCUT2D eigenvalue weighted by Crippen LogP contribution is 2.38. The molecule has 3 aromatic rings. The summed E-state index contributed by atoms with van der Waals surface area (Å²) >= 11 is 0. The first kappa shape index (κ1) is 20.2. The maximum absolute atomic E-state index is 5.90. The lowest BCUT2D eigenvalue weighted by molar-refractivity contribution is -0.0475. The van der Waals surface area contributed by atoms with E-state index in [1.807, 2.05) is 42.5 Å². The van der Waals surface area contributed by atoms with E-state index in [-0.39, 0.29) is 6.10 Å². The van der Waals surface area contributed by atoms with Crippen molar-refractivity contribution in [1.82, 2.24) is 15.0 Å². The molecular formula is C22H25N3O5. The third-order valence-electron chi connectivity index (χ3n) is 5.03. The van der Waals surface area contributed by atoms with Crippen LogP contribution in [0.15, 0.2) is 47.0 Å². The number of aromatic nitrogens is 2. The Hall–Kier alpha value is -3.10. The molecule has 0 amide bonds. The molecule has 30 heavy (non-hydrogen) atoms. The van der Waals surface area contributed by atoms with E-state index in [0.29, 0.717) is 48.7 Å². The lowest BCUT2D eigenvalue weighted by Crippen LogP contribution is -2.37. The van der Waals surface area contributed by atoms with Crippen molar-refractivity contribution in [3.63, 3.8) is 0 Å². The van der Waals surface area contributed by atoms with Gasteiger partial charge in [-0.05, 0) is 17.7 Å². The van der Waals surface area contributed by atoms with Gasteiger partial charge in [-0.25, -0.2) is 0 Å². The second kappa shape index (κ2) is 9.15. The van der Waals surface area contributed by atoms with Gasteiger partial charge in [0.1, 0.15) is 6.10 Å². The zero-order valence-corrected chi connectivity index (χ0v) is 17.3. The first-order valence-electron chi connectivity index (χ1n) is 9.73. The Balaban J connectivity index is 1.48. The molecule has 158 valence electrons. The molecule has 2 heterocycles. The van der Waals surface area contributed by atoms with Crippen LogP contribution in [-0.2, 0) is 11.3 Å². The van der Waals surface area contributed by atoms with Gasteiger partial charge in [0.25, 0.3) is 5.89 Å². The molecule has 1 fully saturated rings. The molecule has 2 aromatic carbocycles. The average Bonchev–Trinajstić information content (AvgIpc) is 3.29. The number of nitrogens with zero attached hydrogens (tertiary/aromatic N) is 3. The maximum Gasteiger partial charge on any atom is 0.257 e. The summed E-state index contributed by atoms with van der Waals surface area (Å²) in [7, 11) is 4.83. The third-order valence-corrected chi connectivity index (χ3v) is 5.03. The second-order valence-corrected chi connectivity index (χ2v) is 6.95. The summed E-state index contributed by atoms with van der Waals surface area (Å²) in [6.45, 7) is 2.73. The molecule has 1 aromatic heterocycles. The third kappa shape index (κ3) is 4.24. The number of benzene rings is 2. The van der Waals surface area contributed by atoms with Gasteiger partial charge >= 0.3 is 0 Å². The van der Waals surface area contributed by atoms with Gasteiger partial charge in [0.2, 0.25) is 11.6 Å². The van der Waals surface area contributed by atoms with Crippen LogP contribution < -0.4 is 14.2 Å². The molecule has 0 aliphatic carbocycles. The summed E-state index contributed by atoms with van der Waals surface area (Å²) in [5, 5.41) is 4.10. The van der Waals surface area contributed by atoms with Crippen LogP contribution in [-0.4, -0.2) is 56.1 Å². The molecule has 1 aliphatic heterocycles. The highest BCUT2D eigenvalue weighted by Gasteiger charge is 2.27. The summed E-state index contributed by atoms with van der Waals surface area (Å²) in [6.07, 6.45) is -0.272. The number of morpholine rings is 1. The van der Waals surface area contributed by atoms with Gasteiger partial charge in [0, 0.05) is 25.2 Å². The molecule has 4 rings (SSSR count). The number of methoxy groups -OCH3 is 3. The number of hydrogen-bond donors (Lipinski definition) is 0. The Labute approximate surface area is 175 Å². The van der Waals surface area contributed by atoms with Crippen LogP contribution in [0.1, 0.15) is 17.6 Å². The Morgan fingerprint density at radius 1 is 1.03 bits per heavy atom. The van der Waals surface area contributed by atoms with Crippen LogP contribution in [0.5, 0.6) is 17.2 Å². The zero-order chi connectivity index (χ0) is 20.9. The van der Waals surface area contributed by atoms with E-state index < -0.39 is 0 Å². The molecule has 0 saturated carbocycles. The maximum atomic E-state index is 5.90. The smallest absolute Gasteiger partial charge is 0.257 e. The van der Waals surface area contributed by atoms with E-state index in [2.05, 4.69) is 15.0 Å². The summed E-state index contributed by atoms with van der Waals surface area (Å²) in [5.74, 6) is 2.92. The van der Waals surface area contributed by atoms with Gasteiger partial charge in [-0.2, -0.15) is 4.98 Å². The Bertz CT molecular complexity index is 951. The molecule has 0 radical (unpaired) electrons. The summed E-state index contributed by atoms with van der Waals surface area (Å²) in [5.41, 5.74) is 1.97. The average molecular weight is 411 g/mol. The van der Waals surface area contributed by atoms with Gasteiger partial charge in [-0.3, -0.25) is 4.90 Å².